The fraction of sp³-hybridized carbons (Fsp3) is 0.182. The predicted octanol–water partition coefficient (Wildman–Crippen LogP) is 6.77. The third-order valence-corrected chi connectivity index (χ3v) is 7.17. The summed E-state index contributed by atoms with van der Waals surface area (Å²) < 4.78 is 42.8. The minimum atomic E-state index is -4.51. The van der Waals surface area contributed by atoms with Crippen molar-refractivity contribution >= 4 is 55.5 Å². The lowest BCUT2D eigenvalue weighted by molar-refractivity contribution is -0.173. The van der Waals surface area contributed by atoms with Crippen LogP contribution in [0.4, 0.5) is 24.7 Å². The van der Waals surface area contributed by atoms with Crippen LogP contribution in [0.2, 0.25) is 0 Å². The normalized spacial score (nSPS) is 18.2. The van der Waals surface area contributed by atoms with Gasteiger partial charge in [0.25, 0.3) is 5.91 Å². The van der Waals surface area contributed by atoms with Gasteiger partial charge in [0.15, 0.2) is 11.7 Å². The zero-order chi connectivity index (χ0) is 22.5. The Labute approximate surface area is 193 Å². The molecule has 5 nitrogen and oxygen atoms in total. The first kappa shape index (κ1) is 21.0. The largest absolute Gasteiger partial charge is 0.410 e. The number of fused-ring (bicyclic) bond motifs is 2. The number of thiophene rings is 1. The zero-order valence-corrected chi connectivity index (χ0v) is 18.8. The quantitative estimate of drug-likeness (QED) is 0.313. The first-order chi connectivity index (χ1) is 15.3. The third-order valence-electron chi connectivity index (χ3n) is 5.44. The summed E-state index contributed by atoms with van der Waals surface area (Å²) in [6.07, 6.45) is -4.73. The van der Waals surface area contributed by atoms with Crippen molar-refractivity contribution in [3.8, 4) is 0 Å². The van der Waals surface area contributed by atoms with Crippen LogP contribution in [0.15, 0.2) is 64.5 Å². The zero-order valence-electron chi connectivity index (χ0n) is 16.4. The molecule has 1 aliphatic rings. The van der Waals surface area contributed by atoms with E-state index in [0.29, 0.717) is 5.69 Å². The Hall–Kier alpha value is -2.85. The second-order valence-corrected chi connectivity index (χ2v) is 9.21. The summed E-state index contributed by atoms with van der Waals surface area (Å²) in [5, 5.41) is 13.6. The lowest BCUT2D eigenvalue weighted by Gasteiger charge is -2.33. The number of anilines is 2. The number of carbonyl (C=O) groups is 1. The van der Waals surface area contributed by atoms with Gasteiger partial charge in [-0.25, -0.2) is 4.68 Å². The van der Waals surface area contributed by atoms with E-state index >= 15 is 0 Å². The molecule has 0 saturated carbocycles. The monoisotopic (exact) mass is 520 g/mol. The highest BCUT2D eigenvalue weighted by molar-refractivity contribution is 9.10. The third kappa shape index (κ3) is 3.67. The summed E-state index contributed by atoms with van der Waals surface area (Å²) in [4.78, 5) is 13.8. The molecular formula is C22H16BrF3N4OS. The van der Waals surface area contributed by atoms with Gasteiger partial charge in [0.1, 0.15) is 5.82 Å². The van der Waals surface area contributed by atoms with Crippen molar-refractivity contribution in [1.29, 1.82) is 0 Å². The summed E-state index contributed by atoms with van der Waals surface area (Å²) in [5.41, 5.74) is 0.448. The average Bonchev–Trinajstić information content (AvgIpc) is 3.41. The standard InChI is InChI=1S/C22H16BrF3N4OS/c23-18-19(21(31)28-14-8-3-6-12-5-1-2-7-13(12)14)29-30-17(22(24,25)26)11-15(27-20(18)30)16-9-4-10-32-16/h1-10,15,17,27H,11H2,(H,28,31)/t15-,17+/m1/s1. The summed E-state index contributed by atoms with van der Waals surface area (Å²) in [6.45, 7) is 0. The SMILES string of the molecule is O=C(Nc1cccc2ccccc12)c1nn2c(c1Br)N[C@@H](c1cccs1)C[C@H]2C(F)(F)F. The Morgan fingerprint density at radius 2 is 1.94 bits per heavy atom. The Morgan fingerprint density at radius 3 is 2.69 bits per heavy atom. The number of nitrogens with zero attached hydrogens (tertiary/aromatic N) is 2. The van der Waals surface area contributed by atoms with Crippen molar-refractivity contribution in [2.75, 3.05) is 10.6 Å². The molecule has 0 unspecified atom stereocenters. The molecule has 1 amide bonds. The molecule has 2 aromatic carbocycles. The molecular weight excluding hydrogens is 505 g/mol. The van der Waals surface area contributed by atoms with Gasteiger partial charge < -0.3 is 10.6 Å². The molecule has 1 aliphatic heterocycles. The van der Waals surface area contributed by atoms with Crippen molar-refractivity contribution in [2.45, 2.75) is 24.7 Å². The Kier molecular flexibility index (Phi) is 5.21. The number of halogens is 4. The van der Waals surface area contributed by atoms with E-state index in [2.05, 4.69) is 31.7 Å². The van der Waals surface area contributed by atoms with Crippen molar-refractivity contribution in [2.24, 2.45) is 0 Å². The van der Waals surface area contributed by atoms with Gasteiger partial charge in [-0.15, -0.1) is 11.3 Å². The van der Waals surface area contributed by atoms with E-state index in [1.165, 1.54) is 11.3 Å². The molecule has 2 aromatic heterocycles. The van der Waals surface area contributed by atoms with Crippen LogP contribution in [0.3, 0.4) is 0 Å². The number of hydrogen-bond donors (Lipinski definition) is 2. The van der Waals surface area contributed by atoms with E-state index in [1.54, 1.807) is 24.3 Å². The van der Waals surface area contributed by atoms with Crippen LogP contribution in [0.25, 0.3) is 10.8 Å². The van der Waals surface area contributed by atoms with Crippen LogP contribution >= 0.6 is 27.3 Å². The smallest absolute Gasteiger partial charge is 0.362 e. The van der Waals surface area contributed by atoms with Gasteiger partial charge in [-0.3, -0.25) is 4.79 Å². The maximum atomic E-state index is 13.9. The van der Waals surface area contributed by atoms with E-state index in [1.807, 2.05) is 35.7 Å². The van der Waals surface area contributed by atoms with Crippen LogP contribution in [0.5, 0.6) is 0 Å². The predicted molar refractivity (Wildman–Crippen MR) is 122 cm³/mol. The fourth-order valence-corrected chi connectivity index (χ4v) is 5.27. The van der Waals surface area contributed by atoms with E-state index < -0.39 is 24.2 Å². The van der Waals surface area contributed by atoms with Gasteiger partial charge in [0.2, 0.25) is 0 Å². The van der Waals surface area contributed by atoms with E-state index in [0.717, 1.165) is 20.3 Å². The van der Waals surface area contributed by atoms with Crippen molar-refractivity contribution in [3.63, 3.8) is 0 Å². The molecule has 0 radical (unpaired) electrons. The van der Waals surface area contributed by atoms with E-state index in [4.69, 9.17) is 0 Å². The van der Waals surface area contributed by atoms with Gasteiger partial charge in [-0.1, -0.05) is 42.5 Å². The van der Waals surface area contributed by atoms with Crippen molar-refractivity contribution < 1.29 is 18.0 Å². The Balaban J connectivity index is 1.52. The molecule has 32 heavy (non-hydrogen) atoms. The number of nitrogens with one attached hydrogen (secondary N) is 2. The second-order valence-electron chi connectivity index (χ2n) is 7.44. The number of aromatic nitrogens is 2. The van der Waals surface area contributed by atoms with Crippen molar-refractivity contribution in [1.82, 2.24) is 9.78 Å². The van der Waals surface area contributed by atoms with Gasteiger partial charge in [0.05, 0.1) is 10.5 Å². The summed E-state index contributed by atoms with van der Waals surface area (Å²) in [7, 11) is 0. The highest BCUT2D eigenvalue weighted by Crippen LogP contribution is 2.47. The molecule has 10 heteroatoms. The summed E-state index contributed by atoms with van der Waals surface area (Å²) >= 11 is 4.70. The molecule has 3 heterocycles. The van der Waals surface area contributed by atoms with Gasteiger partial charge in [-0.2, -0.15) is 18.3 Å². The van der Waals surface area contributed by atoms with E-state index in [9.17, 15) is 18.0 Å². The number of benzene rings is 2. The number of hydrogen-bond acceptors (Lipinski definition) is 4. The maximum absolute atomic E-state index is 13.9. The molecule has 0 aliphatic carbocycles. The average molecular weight is 521 g/mol. The molecule has 4 aromatic rings. The minimum Gasteiger partial charge on any atom is -0.362 e. The van der Waals surface area contributed by atoms with E-state index in [-0.39, 0.29) is 22.4 Å². The first-order valence-electron chi connectivity index (χ1n) is 9.76. The highest BCUT2D eigenvalue weighted by Gasteiger charge is 2.48. The number of amides is 1. The lowest BCUT2D eigenvalue weighted by Crippen LogP contribution is -2.35. The molecule has 2 N–H and O–H groups in total. The van der Waals surface area contributed by atoms with Crippen molar-refractivity contribution in [3.05, 3.63) is 75.0 Å². The van der Waals surface area contributed by atoms with Crippen LogP contribution in [-0.4, -0.2) is 21.9 Å². The van der Waals surface area contributed by atoms with Crippen LogP contribution < -0.4 is 10.6 Å². The first-order valence-corrected chi connectivity index (χ1v) is 11.4. The van der Waals surface area contributed by atoms with Crippen LogP contribution in [0, 0.1) is 0 Å². The minimum absolute atomic E-state index is 0.110. The topological polar surface area (TPSA) is 59.0 Å². The summed E-state index contributed by atoms with van der Waals surface area (Å²) in [5.74, 6) is -0.453. The van der Waals surface area contributed by atoms with Crippen LogP contribution in [0.1, 0.15) is 33.9 Å². The molecule has 164 valence electrons. The Bertz CT molecular complexity index is 1300. The molecule has 0 saturated heterocycles. The second kappa shape index (κ2) is 7.93. The lowest BCUT2D eigenvalue weighted by atomic mass is 10.0. The van der Waals surface area contributed by atoms with Gasteiger partial charge in [-0.05, 0) is 38.8 Å². The number of rotatable bonds is 3. The maximum Gasteiger partial charge on any atom is 0.410 e. The highest BCUT2D eigenvalue weighted by atomic mass is 79.9. The molecule has 5 rings (SSSR count). The number of carbonyl (C=O) groups excluding carboxylic acids is 1. The van der Waals surface area contributed by atoms with Gasteiger partial charge >= 0.3 is 6.18 Å². The fourth-order valence-electron chi connectivity index (χ4n) is 3.93. The molecule has 0 fully saturated rings. The molecule has 0 bridgehead atoms. The van der Waals surface area contributed by atoms with Gasteiger partial charge in [0, 0.05) is 22.4 Å². The molecule has 0 spiro atoms. The summed E-state index contributed by atoms with van der Waals surface area (Å²) in [6, 6.07) is 14.2. The number of alkyl halides is 3. The Morgan fingerprint density at radius 1 is 1.16 bits per heavy atom. The van der Waals surface area contributed by atoms with Crippen LogP contribution in [-0.2, 0) is 0 Å². The molecule has 2 atom stereocenters.